The Kier molecular flexibility index (Phi) is 1.34. The molecule has 0 radical (unpaired) electrons. The molecule has 1 saturated heterocycles. The molecule has 1 aliphatic heterocycles. The van der Waals surface area contributed by atoms with Crippen molar-refractivity contribution in [2.45, 2.75) is 5.50 Å². The Morgan fingerprint density at radius 2 is 2.67 bits per heavy atom. The Labute approximate surface area is 41.5 Å². The quantitative estimate of drug-likeness (QED) is 0.438. The third-order valence-electron chi connectivity index (χ3n) is 0.745. The number of thioether (sulfide) groups is 1. The molecule has 0 bridgehead atoms. The number of hydrogen-bond acceptors (Lipinski definition) is 3. The van der Waals surface area contributed by atoms with E-state index in [4.69, 9.17) is 5.73 Å². The minimum Gasteiger partial charge on any atom is -0.307 e. The molecule has 6 heavy (non-hydrogen) atoms. The van der Waals surface area contributed by atoms with Gasteiger partial charge in [-0.05, 0) is 0 Å². The number of nitrogens with two attached hydrogens (primary N) is 1. The van der Waals surface area contributed by atoms with Crippen LogP contribution in [0.3, 0.4) is 0 Å². The lowest BCUT2D eigenvalue weighted by molar-refractivity contribution is 0.737. The van der Waals surface area contributed by atoms with Gasteiger partial charge in [-0.2, -0.15) is 0 Å². The standard InChI is InChI=1S/C3H8N2S/c4-3-5-1-2-6-3/h3,5H,1-2,4H2. The molecule has 0 aromatic carbocycles. The first kappa shape index (κ1) is 4.43. The lowest BCUT2D eigenvalue weighted by Crippen LogP contribution is -2.27. The highest BCUT2D eigenvalue weighted by Gasteiger charge is 2.06. The van der Waals surface area contributed by atoms with Gasteiger partial charge in [0.1, 0.15) is 5.50 Å². The third kappa shape index (κ3) is 0.864. The highest BCUT2D eigenvalue weighted by molar-refractivity contribution is 8.00. The maximum Gasteiger partial charge on any atom is 0.103 e. The molecule has 1 aliphatic rings. The van der Waals surface area contributed by atoms with Crippen molar-refractivity contribution in [3.63, 3.8) is 0 Å². The highest BCUT2D eigenvalue weighted by Crippen LogP contribution is 2.06. The molecule has 0 spiro atoms. The molecule has 1 fully saturated rings. The van der Waals surface area contributed by atoms with Gasteiger partial charge < -0.3 is 5.73 Å². The molecule has 2 nitrogen and oxygen atoms in total. The molecule has 0 amide bonds. The lowest BCUT2D eigenvalue weighted by atomic mass is 10.8. The summed E-state index contributed by atoms with van der Waals surface area (Å²) >= 11 is 1.76. The summed E-state index contributed by atoms with van der Waals surface area (Å²) in [6.07, 6.45) is 0. The van der Waals surface area contributed by atoms with Crippen LogP contribution in [0.4, 0.5) is 0 Å². The second kappa shape index (κ2) is 1.82. The molecule has 3 heteroatoms. The molecule has 36 valence electrons. The minimum absolute atomic E-state index is 0.213. The highest BCUT2D eigenvalue weighted by atomic mass is 32.2. The van der Waals surface area contributed by atoms with E-state index < -0.39 is 0 Å². The predicted octanol–water partition coefficient (Wildman–Crippen LogP) is -0.435. The van der Waals surface area contributed by atoms with Crippen LogP contribution >= 0.6 is 11.8 Å². The van der Waals surface area contributed by atoms with Gasteiger partial charge in [-0.15, -0.1) is 11.8 Å². The van der Waals surface area contributed by atoms with E-state index in [1.807, 2.05) is 0 Å². The van der Waals surface area contributed by atoms with Gasteiger partial charge >= 0.3 is 0 Å². The fourth-order valence-electron chi connectivity index (χ4n) is 0.446. The molecule has 0 aliphatic carbocycles. The van der Waals surface area contributed by atoms with Crippen LogP contribution in [0.1, 0.15) is 0 Å². The molecule has 0 aromatic heterocycles. The van der Waals surface area contributed by atoms with Crippen molar-refractivity contribution >= 4 is 11.8 Å². The zero-order valence-electron chi connectivity index (χ0n) is 3.48. The van der Waals surface area contributed by atoms with Crippen LogP contribution < -0.4 is 11.1 Å². The van der Waals surface area contributed by atoms with Gasteiger partial charge in [0.05, 0.1) is 0 Å². The van der Waals surface area contributed by atoms with Crippen molar-refractivity contribution in [2.24, 2.45) is 5.73 Å². The minimum atomic E-state index is 0.213. The summed E-state index contributed by atoms with van der Waals surface area (Å²) in [5.74, 6) is 1.17. The number of nitrogens with one attached hydrogen (secondary N) is 1. The van der Waals surface area contributed by atoms with E-state index in [9.17, 15) is 0 Å². The van der Waals surface area contributed by atoms with Crippen LogP contribution in [0.5, 0.6) is 0 Å². The Hall–Kier alpha value is 0.270. The van der Waals surface area contributed by atoms with Gasteiger partial charge in [0, 0.05) is 12.3 Å². The molecule has 3 N–H and O–H groups in total. The van der Waals surface area contributed by atoms with Crippen LogP contribution in [0.2, 0.25) is 0 Å². The zero-order valence-corrected chi connectivity index (χ0v) is 4.29. The normalized spacial score (nSPS) is 34.5. The topological polar surface area (TPSA) is 38.0 Å². The largest absolute Gasteiger partial charge is 0.307 e. The van der Waals surface area contributed by atoms with Crippen molar-refractivity contribution in [2.75, 3.05) is 12.3 Å². The lowest BCUT2D eigenvalue weighted by Gasteiger charge is -1.95. The Morgan fingerprint density at radius 1 is 1.83 bits per heavy atom. The maximum atomic E-state index is 5.39. The van der Waals surface area contributed by atoms with Crippen molar-refractivity contribution < 1.29 is 0 Å². The van der Waals surface area contributed by atoms with Gasteiger partial charge in [0.2, 0.25) is 0 Å². The average Bonchev–Trinajstić information content (AvgIpc) is 1.86. The maximum absolute atomic E-state index is 5.39. The van der Waals surface area contributed by atoms with E-state index in [-0.39, 0.29) is 5.50 Å². The van der Waals surface area contributed by atoms with Crippen molar-refractivity contribution in [1.29, 1.82) is 0 Å². The predicted molar refractivity (Wildman–Crippen MR) is 28.4 cm³/mol. The first-order valence-corrected chi connectivity index (χ1v) is 3.05. The summed E-state index contributed by atoms with van der Waals surface area (Å²) in [6, 6.07) is 0. The molecular formula is C3H8N2S. The fourth-order valence-corrected chi connectivity index (χ4v) is 1.17. The van der Waals surface area contributed by atoms with Crippen molar-refractivity contribution in [3.8, 4) is 0 Å². The fraction of sp³-hybridized carbons (Fsp3) is 1.00. The van der Waals surface area contributed by atoms with Gasteiger partial charge in [-0.3, -0.25) is 5.32 Å². The smallest absolute Gasteiger partial charge is 0.103 e. The molecule has 0 aromatic rings. The average molecular weight is 104 g/mol. The molecule has 1 rings (SSSR count). The van der Waals surface area contributed by atoms with Crippen LogP contribution in [0.25, 0.3) is 0 Å². The summed E-state index contributed by atoms with van der Waals surface area (Å²) in [7, 11) is 0. The second-order valence-corrected chi connectivity index (χ2v) is 2.49. The van der Waals surface area contributed by atoms with Gasteiger partial charge in [0.25, 0.3) is 0 Å². The van der Waals surface area contributed by atoms with Gasteiger partial charge in [0.15, 0.2) is 0 Å². The second-order valence-electron chi connectivity index (χ2n) is 1.25. The summed E-state index contributed by atoms with van der Waals surface area (Å²) in [4.78, 5) is 0. The van der Waals surface area contributed by atoms with Crippen LogP contribution in [0, 0.1) is 0 Å². The Morgan fingerprint density at radius 3 is 2.83 bits per heavy atom. The number of rotatable bonds is 0. The first-order valence-electron chi connectivity index (χ1n) is 2.00. The zero-order chi connectivity index (χ0) is 4.41. The van der Waals surface area contributed by atoms with Crippen molar-refractivity contribution in [3.05, 3.63) is 0 Å². The summed E-state index contributed by atoms with van der Waals surface area (Å²) in [6.45, 7) is 1.08. The van der Waals surface area contributed by atoms with E-state index in [0.717, 1.165) is 6.54 Å². The Balaban J connectivity index is 2.18. The summed E-state index contributed by atoms with van der Waals surface area (Å²) in [5, 5.41) is 3.06. The van der Waals surface area contributed by atoms with Crippen LogP contribution in [-0.2, 0) is 0 Å². The first-order chi connectivity index (χ1) is 2.89. The summed E-state index contributed by atoms with van der Waals surface area (Å²) in [5.41, 5.74) is 5.60. The SMILES string of the molecule is NC1NCCS1. The van der Waals surface area contributed by atoms with Crippen LogP contribution in [-0.4, -0.2) is 17.8 Å². The van der Waals surface area contributed by atoms with Gasteiger partial charge in [-0.1, -0.05) is 0 Å². The van der Waals surface area contributed by atoms with Crippen LogP contribution in [0.15, 0.2) is 0 Å². The summed E-state index contributed by atoms with van der Waals surface area (Å²) < 4.78 is 0. The van der Waals surface area contributed by atoms with E-state index in [1.165, 1.54) is 5.75 Å². The Bertz CT molecular complexity index is 42.1. The molecule has 1 atom stereocenters. The van der Waals surface area contributed by atoms with E-state index >= 15 is 0 Å². The molecule has 1 heterocycles. The molecular weight excluding hydrogens is 96.1 g/mol. The number of hydrogen-bond donors (Lipinski definition) is 2. The van der Waals surface area contributed by atoms with Crippen molar-refractivity contribution in [1.82, 2.24) is 5.32 Å². The van der Waals surface area contributed by atoms with Gasteiger partial charge in [-0.25, -0.2) is 0 Å². The van der Waals surface area contributed by atoms with E-state index in [2.05, 4.69) is 5.32 Å². The monoisotopic (exact) mass is 104 g/mol. The molecule has 0 saturated carbocycles. The molecule has 1 unspecified atom stereocenters. The third-order valence-corrected chi connectivity index (χ3v) is 1.71. The van der Waals surface area contributed by atoms with E-state index in [1.54, 1.807) is 11.8 Å². The van der Waals surface area contributed by atoms with E-state index in [0.29, 0.717) is 0 Å².